The van der Waals surface area contributed by atoms with Crippen molar-refractivity contribution in [2.75, 3.05) is 0 Å². The van der Waals surface area contributed by atoms with Gasteiger partial charge in [-0.3, -0.25) is 0 Å². The summed E-state index contributed by atoms with van der Waals surface area (Å²) in [7, 11) is 0. The van der Waals surface area contributed by atoms with Gasteiger partial charge in [-0.1, -0.05) is 107 Å². The standard InChI is InChI=1S/C35H47N7O2/c1-3-5-24-42-32(25-26-20-22-27(23-21-26)30-18-12-13-19-31(30)33-37-40-41-38-33)36-34(39-42)35(4-2,43-28-14-8-6-9-15-28)44-29-16-10-7-11-17-29/h12-13,18-23,28-29H,3-11,14-17,24-25H2,1-2H3,(H,37,38,40,41). The van der Waals surface area contributed by atoms with Gasteiger partial charge in [-0.15, -0.1) is 10.2 Å². The van der Waals surface area contributed by atoms with E-state index in [1.807, 2.05) is 18.2 Å². The molecule has 2 saturated carbocycles. The Kier molecular flexibility index (Phi) is 10.1. The van der Waals surface area contributed by atoms with Crippen molar-refractivity contribution in [2.45, 2.75) is 128 Å². The van der Waals surface area contributed by atoms with E-state index in [1.54, 1.807) is 0 Å². The maximum atomic E-state index is 6.97. The minimum Gasteiger partial charge on any atom is -0.340 e. The van der Waals surface area contributed by atoms with Crippen LogP contribution < -0.4 is 0 Å². The lowest BCUT2D eigenvalue weighted by Gasteiger charge is -2.39. The first-order chi connectivity index (χ1) is 21.7. The highest BCUT2D eigenvalue weighted by Gasteiger charge is 2.42. The van der Waals surface area contributed by atoms with Crippen molar-refractivity contribution < 1.29 is 9.47 Å². The number of tetrazole rings is 1. The smallest absolute Gasteiger partial charge is 0.232 e. The molecule has 0 unspecified atom stereocenters. The van der Waals surface area contributed by atoms with Crippen LogP contribution in [0.1, 0.15) is 115 Å². The van der Waals surface area contributed by atoms with Crippen molar-refractivity contribution in [2.24, 2.45) is 0 Å². The van der Waals surface area contributed by atoms with E-state index in [0.29, 0.717) is 24.5 Å². The van der Waals surface area contributed by atoms with Crippen LogP contribution in [-0.4, -0.2) is 47.6 Å². The molecule has 4 aromatic rings. The average molecular weight is 598 g/mol. The molecule has 2 aromatic heterocycles. The Morgan fingerprint density at radius 3 is 2.09 bits per heavy atom. The van der Waals surface area contributed by atoms with Crippen LogP contribution in [-0.2, 0) is 28.2 Å². The molecule has 234 valence electrons. The number of hydrogen-bond acceptors (Lipinski definition) is 7. The van der Waals surface area contributed by atoms with Crippen molar-refractivity contribution in [3.63, 3.8) is 0 Å². The first-order valence-electron chi connectivity index (χ1n) is 16.9. The highest BCUT2D eigenvalue weighted by atomic mass is 16.7. The SMILES string of the molecule is CCCCn1nc(C(CC)(OC2CCCCC2)OC2CCCCC2)nc1Cc1ccc(-c2ccccc2-c2nn[nH]n2)cc1. The molecule has 0 aliphatic heterocycles. The fourth-order valence-electron chi connectivity index (χ4n) is 6.71. The van der Waals surface area contributed by atoms with Gasteiger partial charge in [0.2, 0.25) is 17.4 Å². The van der Waals surface area contributed by atoms with Crippen molar-refractivity contribution in [3.8, 4) is 22.5 Å². The van der Waals surface area contributed by atoms with Crippen molar-refractivity contribution in [1.82, 2.24) is 35.4 Å². The fraction of sp³-hybridized carbons (Fsp3) is 0.571. The van der Waals surface area contributed by atoms with Gasteiger partial charge in [-0.2, -0.15) is 10.3 Å². The summed E-state index contributed by atoms with van der Waals surface area (Å²) in [4.78, 5) is 5.24. The second-order valence-electron chi connectivity index (χ2n) is 12.4. The number of rotatable bonds is 13. The number of hydrogen-bond donors (Lipinski definition) is 1. The lowest BCUT2D eigenvalue weighted by molar-refractivity contribution is -0.300. The predicted molar refractivity (Wildman–Crippen MR) is 171 cm³/mol. The van der Waals surface area contributed by atoms with Gasteiger partial charge >= 0.3 is 0 Å². The van der Waals surface area contributed by atoms with Crippen LogP contribution >= 0.6 is 0 Å². The third-order valence-corrected chi connectivity index (χ3v) is 9.24. The second-order valence-corrected chi connectivity index (χ2v) is 12.4. The van der Waals surface area contributed by atoms with E-state index in [9.17, 15) is 0 Å². The zero-order valence-corrected chi connectivity index (χ0v) is 26.4. The van der Waals surface area contributed by atoms with Crippen LogP contribution in [0.2, 0.25) is 0 Å². The summed E-state index contributed by atoms with van der Waals surface area (Å²) in [5, 5.41) is 19.9. The van der Waals surface area contributed by atoms with Gasteiger partial charge in [-0.05, 0) is 54.0 Å². The summed E-state index contributed by atoms with van der Waals surface area (Å²) in [6.07, 6.45) is 15.7. The summed E-state index contributed by atoms with van der Waals surface area (Å²) in [6.45, 7) is 5.22. The van der Waals surface area contributed by atoms with E-state index in [2.05, 4.69) is 69.5 Å². The normalized spacial score (nSPS) is 16.9. The molecule has 0 atom stereocenters. The molecule has 0 saturated heterocycles. The molecule has 1 N–H and O–H groups in total. The Balaban J connectivity index is 1.28. The van der Waals surface area contributed by atoms with Crippen LogP contribution in [0.15, 0.2) is 48.5 Å². The number of benzene rings is 2. The largest absolute Gasteiger partial charge is 0.340 e. The van der Waals surface area contributed by atoms with Crippen LogP contribution in [0.5, 0.6) is 0 Å². The summed E-state index contributed by atoms with van der Waals surface area (Å²) in [6, 6.07) is 16.9. The Labute approximate surface area is 261 Å². The van der Waals surface area contributed by atoms with E-state index in [4.69, 9.17) is 19.6 Å². The molecule has 2 aliphatic rings. The third kappa shape index (κ3) is 7.10. The molecule has 44 heavy (non-hydrogen) atoms. The Morgan fingerprint density at radius 2 is 1.50 bits per heavy atom. The molecular formula is C35H47N7O2. The fourth-order valence-corrected chi connectivity index (χ4v) is 6.71. The van der Waals surface area contributed by atoms with E-state index >= 15 is 0 Å². The maximum Gasteiger partial charge on any atom is 0.232 e. The van der Waals surface area contributed by atoms with Gasteiger partial charge in [0.15, 0.2) is 0 Å². The first-order valence-corrected chi connectivity index (χ1v) is 16.9. The van der Waals surface area contributed by atoms with Gasteiger partial charge in [0.1, 0.15) is 5.82 Å². The van der Waals surface area contributed by atoms with Crippen molar-refractivity contribution in [1.29, 1.82) is 0 Å². The highest BCUT2D eigenvalue weighted by molar-refractivity contribution is 5.80. The number of aryl methyl sites for hydroxylation is 1. The lowest BCUT2D eigenvalue weighted by Crippen LogP contribution is -2.42. The molecular weight excluding hydrogens is 550 g/mol. The Hall–Kier alpha value is -3.43. The molecule has 0 radical (unpaired) electrons. The van der Waals surface area contributed by atoms with Gasteiger partial charge in [-0.25, -0.2) is 9.67 Å². The Morgan fingerprint density at radius 1 is 0.841 bits per heavy atom. The third-order valence-electron chi connectivity index (χ3n) is 9.24. The summed E-state index contributed by atoms with van der Waals surface area (Å²) >= 11 is 0. The lowest BCUT2D eigenvalue weighted by atomic mass is 9.96. The minimum atomic E-state index is -0.904. The zero-order valence-electron chi connectivity index (χ0n) is 26.4. The number of H-pyrrole nitrogens is 1. The van der Waals surface area contributed by atoms with E-state index < -0.39 is 5.79 Å². The van der Waals surface area contributed by atoms with Crippen LogP contribution in [0.3, 0.4) is 0 Å². The average Bonchev–Trinajstić information content (AvgIpc) is 3.76. The summed E-state index contributed by atoms with van der Waals surface area (Å²) < 4.78 is 16.0. The maximum absolute atomic E-state index is 6.97. The number of ether oxygens (including phenoxy) is 2. The number of nitrogens with one attached hydrogen (secondary N) is 1. The molecule has 9 heteroatoms. The van der Waals surface area contributed by atoms with Crippen molar-refractivity contribution in [3.05, 3.63) is 65.7 Å². The van der Waals surface area contributed by atoms with Gasteiger partial charge in [0.05, 0.1) is 12.2 Å². The molecule has 2 aromatic carbocycles. The minimum absolute atomic E-state index is 0.196. The molecule has 6 rings (SSSR count). The highest BCUT2D eigenvalue weighted by Crippen LogP contribution is 2.38. The molecule has 2 aliphatic carbocycles. The molecule has 9 nitrogen and oxygen atoms in total. The van der Waals surface area contributed by atoms with Gasteiger partial charge < -0.3 is 9.47 Å². The number of unbranched alkanes of at least 4 members (excludes halogenated alkanes) is 1. The predicted octanol–water partition coefficient (Wildman–Crippen LogP) is 7.78. The van der Waals surface area contributed by atoms with Gasteiger partial charge in [0, 0.05) is 24.9 Å². The summed E-state index contributed by atoms with van der Waals surface area (Å²) in [5.41, 5.74) is 4.31. The number of aromatic amines is 1. The van der Waals surface area contributed by atoms with E-state index in [1.165, 1.54) is 44.1 Å². The summed E-state index contributed by atoms with van der Waals surface area (Å²) in [5.74, 6) is 1.35. The molecule has 2 heterocycles. The van der Waals surface area contributed by atoms with E-state index in [0.717, 1.165) is 67.6 Å². The topological polar surface area (TPSA) is 104 Å². The monoisotopic (exact) mass is 597 g/mol. The van der Waals surface area contributed by atoms with Crippen molar-refractivity contribution >= 4 is 0 Å². The second kappa shape index (κ2) is 14.6. The number of aromatic nitrogens is 7. The molecule has 0 bridgehead atoms. The molecule has 0 amide bonds. The van der Waals surface area contributed by atoms with Crippen LogP contribution in [0, 0.1) is 0 Å². The first kappa shape index (κ1) is 30.6. The molecule has 2 fully saturated rings. The zero-order chi connectivity index (χ0) is 30.2. The van der Waals surface area contributed by atoms with Crippen LogP contribution in [0.25, 0.3) is 22.5 Å². The van der Waals surface area contributed by atoms with Gasteiger partial charge in [0.25, 0.3) is 0 Å². The number of nitrogens with zero attached hydrogens (tertiary/aromatic N) is 6. The Bertz CT molecular complexity index is 1420. The molecule has 0 spiro atoms. The van der Waals surface area contributed by atoms with Crippen LogP contribution in [0.4, 0.5) is 0 Å². The van der Waals surface area contributed by atoms with E-state index in [-0.39, 0.29) is 12.2 Å². The quantitative estimate of drug-likeness (QED) is 0.157.